The van der Waals surface area contributed by atoms with Crippen LogP contribution in [0.4, 0.5) is 4.39 Å². The Hall–Kier alpha value is -1.62. The summed E-state index contributed by atoms with van der Waals surface area (Å²) in [7, 11) is 1.43. The van der Waals surface area contributed by atoms with Gasteiger partial charge in [0.2, 0.25) is 0 Å². The number of carbonyl (C=O) groups is 1. The molecule has 0 heterocycles. The van der Waals surface area contributed by atoms with Crippen LogP contribution in [0.3, 0.4) is 0 Å². The Bertz CT molecular complexity index is 437. The fourth-order valence-electron chi connectivity index (χ4n) is 1.99. The highest BCUT2D eigenvalue weighted by molar-refractivity contribution is 5.71. The van der Waals surface area contributed by atoms with Crippen molar-refractivity contribution < 1.29 is 18.7 Å². The molecule has 0 saturated carbocycles. The summed E-state index contributed by atoms with van der Waals surface area (Å²) in [5, 5.41) is 0. The molecule has 0 spiro atoms. The van der Waals surface area contributed by atoms with Crippen molar-refractivity contribution in [2.75, 3.05) is 26.8 Å². The van der Waals surface area contributed by atoms with Crippen molar-refractivity contribution in [3.63, 3.8) is 0 Å². The van der Waals surface area contributed by atoms with Gasteiger partial charge in [0.25, 0.3) is 0 Å². The molecule has 0 aliphatic heterocycles. The van der Waals surface area contributed by atoms with E-state index in [1.165, 1.54) is 13.2 Å². The second-order valence-electron chi connectivity index (χ2n) is 4.48. The highest BCUT2D eigenvalue weighted by Crippen LogP contribution is 2.18. The average Bonchev–Trinajstić information content (AvgIpc) is 2.39. The maximum atomic E-state index is 13.6. The minimum atomic E-state index is -0.391. The monoisotopic (exact) mass is 283 g/mol. The van der Waals surface area contributed by atoms with Gasteiger partial charge >= 0.3 is 5.97 Å². The minimum Gasteiger partial charge on any atom is -0.494 e. The molecule has 1 aromatic rings. The van der Waals surface area contributed by atoms with E-state index in [4.69, 9.17) is 9.47 Å². The summed E-state index contributed by atoms with van der Waals surface area (Å²) < 4.78 is 23.5. The molecule has 0 aliphatic rings. The van der Waals surface area contributed by atoms with Gasteiger partial charge in [-0.1, -0.05) is 13.0 Å². The number of ether oxygens (including phenoxy) is 2. The highest BCUT2D eigenvalue weighted by atomic mass is 19.1. The lowest BCUT2D eigenvalue weighted by molar-refractivity contribution is -0.144. The van der Waals surface area contributed by atoms with Gasteiger partial charge in [-0.3, -0.25) is 9.69 Å². The molecule has 0 amide bonds. The summed E-state index contributed by atoms with van der Waals surface area (Å²) >= 11 is 0. The van der Waals surface area contributed by atoms with E-state index >= 15 is 0 Å². The van der Waals surface area contributed by atoms with Crippen molar-refractivity contribution in [1.82, 2.24) is 4.90 Å². The third-order valence-corrected chi connectivity index (χ3v) is 2.82. The molecule has 0 atom stereocenters. The van der Waals surface area contributed by atoms with Gasteiger partial charge in [-0.25, -0.2) is 4.39 Å². The van der Waals surface area contributed by atoms with Crippen molar-refractivity contribution in [1.29, 1.82) is 0 Å². The maximum absolute atomic E-state index is 13.6. The topological polar surface area (TPSA) is 38.8 Å². The standard InChI is InChI=1S/C15H22FNO3/c1-4-8-17(11-15(18)20-5-2)10-12-6-7-14(19-3)13(16)9-12/h6-7,9H,4-5,8,10-11H2,1-3H3. The zero-order valence-electron chi connectivity index (χ0n) is 12.3. The molecule has 1 aromatic carbocycles. The number of nitrogens with zero attached hydrogens (tertiary/aromatic N) is 1. The van der Waals surface area contributed by atoms with Gasteiger partial charge < -0.3 is 9.47 Å². The molecule has 112 valence electrons. The van der Waals surface area contributed by atoms with Crippen LogP contribution in [-0.4, -0.2) is 37.7 Å². The molecular formula is C15H22FNO3. The molecular weight excluding hydrogens is 261 g/mol. The highest BCUT2D eigenvalue weighted by Gasteiger charge is 2.12. The fraction of sp³-hybridized carbons (Fsp3) is 0.533. The second kappa shape index (κ2) is 8.53. The van der Waals surface area contributed by atoms with Gasteiger partial charge in [0.1, 0.15) is 0 Å². The fourth-order valence-corrected chi connectivity index (χ4v) is 1.99. The molecule has 1 rings (SSSR count). The Morgan fingerprint density at radius 3 is 2.65 bits per heavy atom. The van der Waals surface area contributed by atoms with Gasteiger partial charge in [-0.2, -0.15) is 0 Å². The van der Waals surface area contributed by atoms with E-state index in [0.29, 0.717) is 13.2 Å². The van der Waals surface area contributed by atoms with Crippen molar-refractivity contribution in [2.24, 2.45) is 0 Å². The molecule has 0 saturated heterocycles. The lowest BCUT2D eigenvalue weighted by Gasteiger charge is -2.20. The molecule has 0 unspecified atom stereocenters. The van der Waals surface area contributed by atoms with E-state index in [1.54, 1.807) is 19.1 Å². The van der Waals surface area contributed by atoms with E-state index in [2.05, 4.69) is 0 Å². The molecule has 0 fully saturated rings. The first-order chi connectivity index (χ1) is 9.60. The van der Waals surface area contributed by atoms with Crippen LogP contribution in [0, 0.1) is 5.82 Å². The summed E-state index contributed by atoms with van der Waals surface area (Å²) in [6.45, 7) is 5.67. The first-order valence-corrected chi connectivity index (χ1v) is 6.81. The molecule has 20 heavy (non-hydrogen) atoms. The SMILES string of the molecule is CCCN(CC(=O)OCC)Cc1ccc(OC)c(F)c1. The third kappa shape index (κ3) is 5.17. The Kier molecular flexibility index (Phi) is 7.01. The lowest BCUT2D eigenvalue weighted by Crippen LogP contribution is -2.31. The normalized spacial score (nSPS) is 10.7. The van der Waals surface area contributed by atoms with Crippen LogP contribution < -0.4 is 4.74 Å². The summed E-state index contributed by atoms with van der Waals surface area (Å²) in [6, 6.07) is 4.83. The zero-order chi connectivity index (χ0) is 15.0. The number of hydrogen-bond donors (Lipinski definition) is 0. The van der Waals surface area contributed by atoms with Crippen molar-refractivity contribution in [3.05, 3.63) is 29.6 Å². The second-order valence-corrected chi connectivity index (χ2v) is 4.48. The van der Waals surface area contributed by atoms with Gasteiger partial charge in [0.15, 0.2) is 11.6 Å². The number of benzene rings is 1. The van der Waals surface area contributed by atoms with E-state index in [1.807, 2.05) is 11.8 Å². The molecule has 0 N–H and O–H groups in total. The summed E-state index contributed by atoms with van der Waals surface area (Å²) in [5.74, 6) is -0.422. The van der Waals surface area contributed by atoms with Crippen molar-refractivity contribution >= 4 is 5.97 Å². The van der Waals surface area contributed by atoms with Gasteiger partial charge in [-0.05, 0) is 37.6 Å². The van der Waals surface area contributed by atoms with Crippen LogP contribution in [-0.2, 0) is 16.1 Å². The number of methoxy groups -OCH3 is 1. The quantitative estimate of drug-likeness (QED) is 0.687. The predicted octanol–water partition coefficient (Wildman–Crippen LogP) is 2.61. The minimum absolute atomic E-state index is 0.218. The number of hydrogen-bond acceptors (Lipinski definition) is 4. The number of esters is 1. The lowest BCUT2D eigenvalue weighted by atomic mass is 10.2. The van der Waals surface area contributed by atoms with E-state index < -0.39 is 5.82 Å². The third-order valence-electron chi connectivity index (χ3n) is 2.82. The number of rotatable bonds is 8. The van der Waals surface area contributed by atoms with Crippen LogP contribution in [0.1, 0.15) is 25.8 Å². The van der Waals surface area contributed by atoms with Crippen molar-refractivity contribution in [3.8, 4) is 5.75 Å². The van der Waals surface area contributed by atoms with E-state index in [9.17, 15) is 9.18 Å². The maximum Gasteiger partial charge on any atom is 0.320 e. The Labute approximate surface area is 119 Å². The molecule has 4 nitrogen and oxygen atoms in total. The van der Waals surface area contributed by atoms with E-state index in [0.717, 1.165) is 18.5 Å². The Morgan fingerprint density at radius 1 is 1.35 bits per heavy atom. The smallest absolute Gasteiger partial charge is 0.320 e. The van der Waals surface area contributed by atoms with Crippen LogP contribution >= 0.6 is 0 Å². The average molecular weight is 283 g/mol. The summed E-state index contributed by atoms with van der Waals surface area (Å²) in [4.78, 5) is 13.5. The van der Waals surface area contributed by atoms with Crippen LogP contribution in [0.15, 0.2) is 18.2 Å². The predicted molar refractivity (Wildman–Crippen MR) is 75.2 cm³/mol. The molecule has 0 bridgehead atoms. The molecule has 0 radical (unpaired) electrons. The van der Waals surface area contributed by atoms with Crippen LogP contribution in [0.5, 0.6) is 5.75 Å². The first-order valence-electron chi connectivity index (χ1n) is 6.81. The van der Waals surface area contributed by atoms with Gasteiger partial charge in [-0.15, -0.1) is 0 Å². The summed E-state index contributed by atoms with van der Waals surface area (Å²) in [5.41, 5.74) is 0.807. The Morgan fingerprint density at radius 2 is 2.10 bits per heavy atom. The number of carbonyl (C=O) groups excluding carboxylic acids is 1. The van der Waals surface area contributed by atoms with E-state index in [-0.39, 0.29) is 18.3 Å². The molecule has 0 aromatic heterocycles. The van der Waals surface area contributed by atoms with Gasteiger partial charge in [0, 0.05) is 6.54 Å². The molecule has 5 heteroatoms. The molecule has 0 aliphatic carbocycles. The van der Waals surface area contributed by atoms with Crippen molar-refractivity contribution in [2.45, 2.75) is 26.8 Å². The number of halogens is 1. The van der Waals surface area contributed by atoms with Crippen LogP contribution in [0.2, 0.25) is 0 Å². The first kappa shape index (κ1) is 16.4. The summed E-state index contributed by atoms with van der Waals surface area (Å²) in [6.07, 6.45) is 0.915. The Balaban J connectivity index is 2.69. The van der Waals surface area contributed by atoms with Gasteiger partial charge in [0.05, 0.1) is 20.3 Å². The largest absolute Gasteiger partial charge is 0.494 e. The zero-order valence-corrected chi connectivity index (χ0v) is 12.3. The van der Waals surface area contributed by atoms with Crippen LogP contribution in [0.25, 0.3) is 0 Å².